The van der Waals surface area contributed by atoms with E-state index in [2.05, 4.69) is 46.8 Å². The summed E-state index contributed by atoms with van der Waals surface area (Å²) < 4.78 is 0. The van der Waals surface area contributed by atoms with Crippen molar-refractivity contribution in [3.8, 4) is 0 Å². The molecule has 4 aliphatic rings. The molecule has 2 unspecified atom stereocenters. The minimum absolute atomic E-state index is 0.425. The Morgan fingerprint density at radius 2 is 1.64 bits per heavy atom. The number of allylic oxidation sites excluding steroid dienone is 2. The van der Waals surface area contributed by atoms with Crippen LogP contribution in [-0.2, 0) is 0 Å². The van der Waals surface area contributed by atoms with Crippen LogP contribution in [0, 0.1) is 58.2 Å². The highest BCUT2D eigenvalue weighted by atomic mass is 16.3. The molecule has 1 nitrogen and oxygen atoms in total. The lowest BCUT2D eigenvalue weighted by molar-refractivity contribution is -0.0900. The molecule has 4 rings (SSSR count). The number of hydrogen-bond donors (Lipinski definition) is 1. The largest absolute Gasteiger partial charge is 0.396 e. The first-order chi connectivity index (χ1) is 13.3. The Bertz CT molecular complexity index is 579. The van der Waals surface area contributed by atoms with Gasteiger partial charge in [-0.15, -0.1) is 0 Å². The molecule has 4 aliphatic carbocycles. The van der Waals surface area contributed by atoms with E-state index in [9.17, 15) is 5.11 Å². The number of rotatable bonds is 6. The summed E-state index contributed by atoms with van der Waals surface area (Å²) in [7, 11) is 0. The molecule has 0 aliphatic heterocycles. The van der Waals surface area contributed by atoms with Crippen molar-refractivity contribution in [1.82, 2.24) is 0 Å². The van der Waals surface area contributed by atoms with Crippen LogP contribution < -0.4 is 0 Å². The van der Waals surface area contributed by atoms with E-state index in [-0.39, 0.29) is 0 Å². The van der Waals surface area contributed by atoms with Crippen molar-refractivity contribution in [2.24, 2.45) is 58.2 Å². The number of fused-ring (bicyclic) bond motifs is 5. The second-order valence-corrected chi connectivity index (χ2v) is 12.2. The third-order valence-electron chi connectivity index (χ3n) is 10.4. The molecule has 0 aromatic rings. The van der Waals surface area contributed by atoms with Gasteiger partial charge in [-0.3, -0.25) is 0 Å². The van der Waals surface area contributed by atoms with E-state index in [0.29, 0.717) is 23.4 Å². The summed E-state index contributed by atoms with van der Waals surface area (Å²) >= 11 is 0. The van der Waals surface area contributed by atoms with Crippen molar-refractivity contribution in [1.29, 1.82) is 0 Å². The Kier molecular flexibility index (Phi) is 5.80. The van der Waals surface area contributed by atoms with Crippen molar-refractivity contribution in [2.75, 3.05) is 6.61 Å². The Morgan fingerprint density at radius 1 is 0.893 bits per heavy atom. The molecule has 1 N–H and O–H groups in total. The molecule has 0 radical (unpaired) electrons. The molecule has 0 aromatic heterocycles. The van der Waals surface area contributed by atoms with Gasteiger partial charge in [-0.25, -0.2) is 0 Å². The van der Waals surface area contributed by atoms with E-state index in [1.165, 1.54) is 57.8 Å². The maximum atomic E-state index is 9.90. The standard InChI is InChI=1S/C27H46O/c1-18(2)7-6-8-19(3)22-11-12-24-21-9-10-23-20(17-28)13-15-27(23,5)25(21)14-16-26(22,24)4/h11-12,18-25,28H,6-10,13-17H2,1-5H3/t19-,20-,21?,22-,23+,24+,25?,26-,27+/m1/s1. The van der Waals surface area contributed by atoms with Crippen LogP contribution in [0.4, 0.5) is 0 Å². The highest BCUT2D eigenvalue weighted by Gasteiger charge is 2.60. The maximum absolute atomic E-state index is 9.90. The van der Waals surface area contributed by atoms with E-state index < -0.39 is 0 Å². The SMILES string of the molecule is CC(C)CCC[C@@H](C)[C@H]1C=C[C@H]2C3CC[C@H]4[C@@H](CO)CC[C@]4(C)C3CC[C@]12C. The predicted octanol–water partition coefficient (Wildman–Crippen LogP) is 7.10. The van der Waals surface area contributed by atoms with Gasteiger partial charge in [0.25, 0.3) is 0 Å². The summed E-state index contributed by atoms with van der Waals surface area (Å²) in [5.41, 5.74) is 1.02. The summed E-state index contributed by atoms with van der Waals surface area (Å²) in [5, 5.41) is 9.90. The molecule has 3 saturated carbocycles. The van der Waals surface area contributed by atoms with Crippen LogP contribution in [0.3, 0.4) is 0 Å². The normalized spacial score (nSPS) is 48.4. The van der Waals surface area contributed by atoms with Gasteiger partial charge in [0.15, 0.2) is 0 Å². The maximum Gasteiger partial charge on any atom is 0.0462 e. The molecule has 1 heteroatoms. The average molecular weight is 387 g/mol. The molecule has 0 saturated heterocycles. The van der Waals surface area contributed by atoms with E-state index in [1.54, 1.807) is 0 Å². The van der Waals surface area contributed by atoms with E-state index >= 15 is 0 Å². The summed E-state index contributed by atoms with van der Waals surface area (Å²) in [4.78, 5) is 0. The van der Waals surface area contributed by atoms with Crippen molar-refractivity contribution in [2.45, 2.75) is 92.4 Å². The van der Waals surface area contributed by atoms with Crippen molar-refractivity contribution >= 4 is 0 Å². The first-order valence-electron chi connectivity index (χ1n) is 12.6. The predicted molar refractivity (Wildman–Crippen MR) is 119 cm³/mol. The molecule has 3 fully saturated rings. The molecule has 28 heavy (non-hydrogen) atoms. The van der Waals surface area contributed by atoms with Crippen molar-refractivity contribution in [3.63, 3.8) is 0 Å². The van der Waals surface area contributed by atoms with E-state index in [1.807, 2.05) is 0 Å². The molecule has 0 aromatic carbocycles. The zero-order valence-electron chi connectivity index (χ0n) is 19.3. The summed E-state index contributed by atoms with van der Waals surface area (Å²) in [6.07, 6.45) is 17.8. The fourth-order valence-electron chi connectivity index (χ4n) is 8.90. The zero-order chi connectivity index (χ0) is 20.1. The van der Waals surface area contributed by atoms with Crippen LogP contribution in [0.5, 0.6) is 0 Å². The molecule has 160 valence electrons. The third-order valence-corrected chi connectivity index (χ3v) is 10.4. The lowest BCUT2D eigenvalue weighted by Gasteiger charge is -2.58. The van der Waals surface area contributed by atoms with Crippen LogP contribution in [-0.4, -0.2) is 11.7 Å². The molecule has 9 atom stereocenters. The minimum atomic E-state index is 0.425. The number of aliphatic hydroxyl groups excluding tert-OH is 1. The quantitative estimate of drug-likeness (QED) is 0.483. The number of hydrogen-bond acceptors (Lipinski definition) is 1. The van der Waals surface area contributed by atoms with Crippen LogP contribution >= 0.6 is 0 Å². The second kappa shape index (κ2) is 7.75. The minimum Gasteiger partial charge on any atom is -0.396 e. The van der Waals surface area contributed by atoms with Crippen LogP contribution in [0.2, 0.25) is 0 Å². The summed E-state index contributed by atoms with van der Waals surface area (Å²) in [6.45, 7) is 12.9. The van der Waals surface area contributed by atoms with Crippen molar-refractivity contribution in [3.05, 3.63) is 12.2 Å². The Hall–Kier alpha value is -0.300. The summed E-state index contributed by atoms with van der Waals surface area (Å²) in [6, 6.07) is 0. The Balaban J connectivity index is 1.47. The first kappa shape index (κ1) is 21.0. The second-order valence-electron chi connectivity index (χ2n) is 12.2. The van der Waals surface area contributed by atoms with Gasteiger partial charge in [-0.1, -0.05) is 66.0 Å². The van der Waals surface area contributed by atoms with Gasteiger partial charge >= 0.3 is 0 Å². The van der Waals surface area contributed by atoms with Gasteiger partial charge < -0.3 is 5.11 Å². The highest BCUT2D eigenvalue weighted by Crippen LogP contribution is 2.68. The lowest BCUT2D eigenvalue weighted by atomic mass is 9.46. The lowest BCUT2D eigenvalue weighted by Crippen LogP contribution is -2.51. The molecular formula is C27H46O. The van der Waals surface area contributed by atoms with E-state index in [0.717, 1.165) is 41.4 Å². The topological polar surface area (TPSA) is 20.2 Å². The number of aliphatic hydroxyl groups is 1. The smallest absolute Gasteiger partial charge is 0.0462 e. The van der Waals surface area contributed by atoms with Crippen LogP contribution in [0.15, 0.2) is 12.2 Å². The highest BCUT2D eigenvalue weighted by molar-refractivity contribution is 5.20. The van der Waals surface area contributed by atoms with Gasteiger partial charge in [0.2, 0.25) is 0 Å². The Morgan fingerprint density at radius 3 is 2.36 bits per heavy atom. The van der Waals surface area contributed by atoms with Crippen molar-refractivity contribution < 1.29 is 5.11 Å². The fourth-order valence-corrected chi connectivity index (χ4v) is 8.90. The van der Waals surface area contributed by atoms with Gasteiger partial charge in [0.1, 0.15) is 0 Å². The van der Waals surface area contributed by atoms with Gasteiger partial charge in [0, 0.05) is 6.61 Å². The Labute approximate surface area is 174 Å². The monoisotopic (exact) mass is 386 g/mol. The fraction of sp³-hybridized carbons (Fsp3) is 0.926. The molecule has 0 bridgehead atoms. The average Bonchev–Trinajstić information content (AvgIpc) is 3.17. The molecule has 0 spiro atoms. The third kappa shape index (κ3) is 3.23. The van der Waals surface area contributed by atoms with Crippen LogP contribution in [0.25, 0.3) is 0 Å². The van der Waals surface area contributed by atoms with Gasteiger partial charge in [-0.05, 0) is 96.7 Å². The first-order valence-corrected chi connectivity index (χ1v) is 12.6. The molecular weight excluding hydrogens is 340 g/mol. The molecule has 0 amide bonds. The zero-order valence-corrected chi connectivity index (χ0v) is 19.3. The van der Waals surface area contributed by atoms with Crippen LogP contribution in [0.1, 0.15) is 92.4 Å². The van der Waals surface area contributed by atoms with E-state index in [4.69, 9.17) is 0 Å². The molecule has 0 heterocycles. The van der Waals surface area contributed by atoms with Gasteiger partial charge in [0.05, 0.1) is 0 Å². The van der Waals surface area contributed by atoms with Gasteiger partial charge in [-0.2, -0.15) is 0 Å². The summed E-state index contributed by atoms with van der Waals surface area (Å²) in [5.74, 6) is 6.47.